The van der Waals surface area contributed by atoms with Crippen LogP contribution in [0.1, 0.15) is 19.5 Å². The average molecular weight is 284 g/mol. The molecule has 0 aliphatic rings. The molecular formula is C15H16N4S. The van der Waals surface area contributed by atoms with Gasteiger partial charge in [-0.25, -0.2) is 9.97 Å². The molecule has 0 atom stereocenters. The molecule has 0 aromatic carbocycles. The first-order valence-corrected chi connectivity index (χ1v) is 7.63. The van der Waals surface area contributed by atoms with Crippen molar-refractivity contribution in [2.75, 3.05) is 11.9 Å². The Morgan fingerprint density at radius 3 is 2.90 bits per heavy atom. The molecule has 0 unspecified atom stereocenters. The minimum atomic E-state index is 0.739. The maximum absolute atomic E-state index is 4.61. The lowest BCUT2D eigenvalue weighted by Gasteiger charge is -2.08. The van der Waals surface area contributed by atoms with Crippen LogP contribution in [0.15, 0.2) is 29.8 Å². The van der Waals surface area contributed by atoms with Crippen LogP contribution >= 0.6 is 11.3 Å². The molecule has 3 rings (SSSR count). The highest BCUT2D eigenvalue weighted by molar-refractivity contribution is 7.17. The standard InChI is InChI=1S/C15H16N4S/c1-3-11-8-14(16-4-2)19-15(18-11)10-7-13-12(17-9-10)5-6-20-13/h5-9H,3-4H2,1-2H3,(H,16,18,19). The van der Waals surface area contributed by atoms with Gasteiger partial charge in [0.05, 0.1) is 10.2 Å². The Labute approximate surface area is 121 Å². The zero-order chi connectivity index (χ0) is 13.9. The van der Waals surface area contributed by atoms with E-state index in [1.54, 1.807) is 11.3 Å². The molecular weight excluding hydrogens is 268 g/mol. The number of rotatable bonds is 4. The minimum absolute atomic E-state index is 0.739. The van der Waals surface area contributed by atoms with Gasteiger partial charge in [-0.1, -0.05) is 6.92 Å². The first kappa shape index (κ1) is 13.0. The van der Waals surface area contributed by atoms with Crippen molar-refractivity contribution in [3.05, 3.63) is 35.5 Å². The molecule has 0 aliphatic carbocycles. The van der Waals surface area contributed by atoms with Crippen molar-refractivity contribution < 1.29 is 0 Å². The summed E-state index contributed by atoms with van der Waals surface area (Å²) in [5, 5.41) is 5.31. The number of pyridine rings is 1. The molecule has 20 heavy (non-hydrogen) atoms. The lowest BCUT2D eigenvalue weighted by Crippen LogP contribution is -2.03. The van der Waals surface area contributed by atoms with Crippen molar-refractivity contribution in [1.29, 1.82) is 0 Å². The van der Waals surface area contributed by atoms with Gasteiger partial charge in [0.25, 0.3) is 0 Å². The van der Waals surface area contributed by atoms with Crippen LogP contribution < -0.4 is 5.32 Å². The predicted octanol–water partition coefficient (Wildman–Crippen LogP) is 3.75. The van der Waals surface area contributed by atoms with Gasteiger partial charge in [-0.05, 0) is 30.9 Å². The first-order valence-electron chi connectivity index (χ1n) is 6.75. The predicted molar refractivity (Wildman–Crippen MR) is 84.2 cm³/mol. The third-order valence-electron chi connectivity index (χ3n) is 3.06. The summed E-state index contributed by atoms with van der Waals surface area (Å²) in [7, 11) is 0. The second-order valence-corrected chi connectivity index (χ2v) is 5.43. The Kier molecular flexibility index (Phi) is 3.60. The summed E-state index contributed by atoms with van der Waals surface area (Å²) >= 11 is 1.69. The van der Waals surface area contributed by atoms with Crippen molar-refractivity contribution in [1.82, 2.24) is 15.0 Å². The van der Waals surface area contributed by atoms with Crippen LogP contribution in [0.3, 0.4) is 0 Å². The van der Waals surface area contributed by atoms with Gasteiger partial charge in [-0.3, -0.25) is 4.98 Å². The Morgan fingerprint density at radius 1 is 1.20 bits per heavy atom. The van der Waals surface area contributed by atoms with Gasteiger partial charge in [0.1, 0.15) is 5.82 Å². The molecule has 3 aromatic rings. The van der Waals surface area contributed by atoms with Gasteiger partial charge >= 0.3 is 0 Å². The number of fused-ring (bicyclic) bond motifs is 1. The number of anilines is 1. The van der Waals surface area contributed by atoms with Gasteiger partial charge in [-0.15, -0.1) is 11.3 Å². The van der Waals surface area contributed by atoms with E-state index in [0.717, 1.165) is 46.1 Å². The van der Waals surface area contributed by atoms with Crippen molar-refractivity contribution >= 4 is 27.4 Å². The molecule has 0 spiro atoms. The summed E-state index contributed by atoms with van der Waals surface area (Å²) in [6.45, 7) is 5.01. The van der Waals surface area contributed by atoms with Crippen LogP contribution in [0.4, 0.5) is 5.82 Å². The van der Waals surface area contributed by atoms with E-state index in [1.165, 1.54) is 0 Å². The maximum atomic E-state index is 4.61. The SMILES string of the molecule is CCNc1cc(CC)nc(-c2cnc3ccsc3c2)n1. The molecule has 0 saturated heterocycles. The van der Waals surface area contributed by atoms with Crippen molar-refractivity contribution in [3.63, 3.8) is 0 Å². The van der Waals surface area contributed by atoms with Gasteiger partial charge < -0.3 is 5.32 Å². The van der Waals surface area contributed by atoms with E-state index in [-0.39, 0.29) is 0 Å². The largest absolute Gasteiger partial charge is 0.370 e. The molecule has 0 bridgehead atoms. The van der Waals surface area contributed by atoms with Gasteiger partial charge in [0.15, 0.2) is 5.82 Å². The second-order valence-electron chi connectivity index (χ2n) is 4.48. The fourth-order valence-electron chi connectivity index (χ4n) is 2.05. The molecule has 5 heteroatoms. The molecule has 0 aliphatic heterocycles. The van der Waals surface area contributed by atoms with E-state index in [2.05, 4.69) is 45.6 Å². The van der Waals surface area contributed by atoms with Gasteiger partial charge in [-0.2, -0.15) is 0 Å². The normalized spacial score (nSPS) is 10.9. The molecule has 0 saturated carbocycles. The zero-order valence-corrected chi connectivity index (χ0v) is 12.4. The Balaban J connectivity index is 2.09. The summed E-state index contributed by atoms with van der Waals surface area (Å²) in [6, 6.07) is 6.14. The number of hydrogen-bond acceptors (Lipinski definition) is 5. The number of aromatic nitrogens is 3. The van der Waals surface area contributed by atoms with Crippen molar-refractivity contribution in [2.45, 2.75) is 20.3 Å². The Hall–Kier alpha value is -2.01. The minimum Gasteiger partial charge on any atom is -0.370 e. The molecule has 0 amide bonds. The summed E-state index contributed by atoms with van der Waals surface area (Å²) in [5.74, 6) is 1.61. The third kappa shape index (κ3) is 2.49. The fraction of sp³-hybridized carbons (Fsp3) is 0.267. The van der Waals surface area contributed by atoms with Crippen LogP contribution in [0.5, 0.6) is 0 Å². The van der Waals surface area contributed by atoms with E-state index < -0.39 is 0 Å². The van der Waals surface area contributed by atoms with Gasteiger partial charge in [0, 0.05) is 30.1 Å². The topological polar surface area (TPSA) is 50.7 Å². The maximum Gasteiger partial charge on any atom is 0.163 e. The zero-order valence-electron chi connectivity index (χ0n) is 11.6. The van der Waals surface area contributed by atoms with Crippen LogP contribution in [0.2, 0.25) is 0 Å². The second kappa shape index (κ2) is 5.54. The Bertz CT molecular complexity index is 736. The lowest BCUT2D eigenvalue weighted by molar-refractivity contribution is 0.998. The van der Waals surface area contributed by atoms with E-state index in [1.807, 2.05) is 18.3 Å². The third-order valence-corrected chi connectivity index (χ3v) is 3.91. The first-order chi connectivity index (χ1) is 9.80. The van der Waals surface area contributed by atoms with Crippen molar-refractivity contribution in [3.8, 4) is 11.4 Å². The fourth-order valence-corrected chi connectivity index (χ4v) is 2.83. The molecule has 3 heterocycles. The molecule has 1 N–H and O–H groups in total. The summed E-state index contributed by atoms with van der Waals surface area (Å²) < 4.78 is 1.16. The van der Waals surface area contributed by atoms with E-state index >= 15 is 0 Å². The number of nitrogens with zero attached hydrogens (tertiary/aromatic N) is 3. The summed E-state index contributed by atoms with van der Waals surface area (Å²) in [6.07, 6.45) is 2.74. The van der Waals surface area contributed by atoms with Crippen LogP contribution in [0.25, 0.3) is 21.6 Å². The highest BCUT2D eigenvalue weighted by Crippen LogP contribution is 2.25. The average Bonchev–Trinajstić information content (AvgIpc) is 2.94. The number of hydrogen-bond donors (Lipinski definition) is 1. The smallest absolute Gasteiger partial charge is 0.163 e. The molecule has 102 valence electrons. The van der Waals surface area contributed by atoms with Crippen LogP contribution in [0, 0.1) is 0 Å². The van der Waals surface area contributed by atoms with Gasteiger partial charge in [0.2, 0.25) is 0 Å². The summed E-state index contributed by atoms with van der Waals surface area (Å²) in [4.78, 5) is 13.6. The molecule has 0 fully saturated rings. The van der Waals surface area contributed by atoms with Crippen LogP contribution in [-0.2, 0) is 6.42 Å². The number of thiophene rings is 1. The lowest BCUT2D eigenvalue weighted by atomic mass is 10.2. The summed E-state index contributed by atoms with van der Waals surface area (Å²) in [5.41, 5.74) is 3.03. The van der Waals surface area contributed by atoms with E-state index in [9.17, 15) is 0 Å². The number of nitrogens with one attached hydrogen (secondary N) is 1. The highest BCUT2D eigenvalue weighted by atomic mass is 32.1. The quantitative estimate of drug-likeness (QED) is 0.792. The van der Waals surface area contributed by atoms with Crippen LogP contribution in [-0.4, -0.2) is 21.5 Å². The monoisotopic (exact) mass is 284 g/mol. The Morgan fingerprint density at radius 2 is 2.10 bits per heavy atom. The molecule has 3 aromatic heterocycles. The molecule has 4 nitrogen and oxygen atoms in total. The highest BCUT2D eigenvalue weighted by Gasteiger charge is 2.08. The number of aryl methyl sites for hydroxylation is 1. The van der Waals surface area contributed by atoms with Crippen molar-refractivity contribution in [2.24, 2.45) is 0 Å². The van der Waals surface area contributed by atoms with E-state index in [0.29, 0.717) is 0 Å². The van der Waals surface area contributed by atoms with E-state index in [4.69, 9.17) is 0 Å². The molecule has 0 radical (unpaired) electrons.